The number of benzene rings is 1. The molecule has 0 spiro atoms. The number of nitrogens with two attached hydrogens (primary N) is 1. The molecule has 0 saturated heterocycles. The van der Waals surface area contributed by atoms with Gasteiger partial charge in [-0.25, -0.2) is 13.1 Å². The van der Waals surface area contributed by atoms with E-state index in [4.69, 9.17) is 5.73 Å². The molecule has 21 heavy (non-hydrogen) atoms. The SMILES string of the molecule is CN(C)C1(CNS(=O)(=O)c2ccc(CN)cc2Br)CCC1. The van der Waals surface area contributed by atoms with E-state index in [1.165, 1.54) is 0 Å². The molecule has 0 aromatic heterocycles. The molecule has 0 radical (unpaired) electrons. The Morgan fingerprint density at radius 2 is 2.05 bits per heavy atom. The maximum absolute atomic E-state index is 12.5. The Hall–Kier alpha value is -0.470. The Labute approximate surface area is 135 Å². The molecule has 0 bridgehead atoms. The first-order chi connectivity index (χ1) is 9.81. The monoisotopic (exact) mass is 375 g/mol. The summed E-state index contributed by atoms with van der Waals surface area (Å²) in [6.07, 6.45) is 3.19. The Morgan fingerprint density at radius 1 is 1.38 bits per heavy atom. The highest BCUT2D eigenvalue weighted by Gasteiger charge is 2.39. The number of sulfonamides is 1. The third kappa shape index (κ3) is 3.48. The van der Waals surface area contributed by atoms with Crippen LogP contribution in [0.2, 0.25) is 0 Å². The predicted molar refractivity (Wildman–Crippen MR) is 87.5 cm³/mol. The maximum Gasteiger partial charge on any atom is 0.241 e. The van der Waals surface area contributed by atoms with Crippen LogP contribution in [0.25, 0.3) is 0 Å². The fourth-order valence-corrected chi connectivity index (χ4v) is 4.81. The van der Waals surface area contributed by atoms with Crippen molar-refractivity contribution < 1.29 is 8.42 Å². The molecule has 1 saturated carbocycles. The Bertz CT molecular complexity index is 613. The van der Waals surface area contributed by atoms with Crippen LogP contribution >= 0.6 is 15.9 Å². The summed E-state index contributed by atoms with van der Waals surface area (Å²) in [5.74, 6) is 0. The van der Waals surface area contributed by atoms with E-state index in [2.05, 4.69) is 25.6 Å². The van der Waals surface area contributed by atoms with E-state index in [0.29, 0.717) is 17.6 Å². The number of likely N-dealkylation sites (N-methyl/N-ethyl adjacent to an activating group) is 1. The van der Waals surface area contributed by atoms with Crippen LogP contribution in [0.15, 0.2) is 27.6 Å². The average molecular weight is 376 g/mol. The van der Waals surface area contributed by atoms with E-state index in [9.17, 15) is 8.42 Å². The first-order valence-electron chi connectivity index (χ1n) is 6.96. The van der Waals surface area contributed by atoms with Crippen molar-refractivity contribution in [3.63, 3.8) is 0 Å². The summed E-state index contributed by atoms with van der Waals surface area (Å²) in [4.78, 5) is 2.37. The van der Waals surface area contributed by atoms with Gasteiger partial charge in [0, 0.05) is 23.1 Å². The van der Waals surface area contributed by atoms with Gasteiger partial charge in [0.2, 0.25) is 10.0 Å². The van der Waals surface area contributed by atoms with Gasteiger partial charge in [-0.3, -0.25) is 0 Å². The van der Waals surface area contributed by atoms with Crippen molar-refractivity contribution in [1.29, 1.82) is 0 Å². The van der Waals surface area contributed by atoms with E-state index in [0.717, 1.165) is 24.8 Å². The van der Waals surface area contributed by atoms with Crippen LogP contribution < -0.4 is 10.5 Å². The van der Waals surface area contributed by atoms with Crippen LogP contribution in [0.4, 0.5) is 0 Å². The van der Waals surface area contributed by atoms with Crippen LogP contribution in [-0.4, -0.2) is 39.5 Å². The number of hydrogen-bond acceptors (Lipinski definition) is 4. The lowest BCUT2D eigenvalue weighted by atomic mass is 9.76. The first kappa shape index (κ1) is 16.9. The molecule has 118 valence electrons. The van der Waals surface area contributed by atoms with Crippen LogP contribution in [0.1, 0.15) is 24.8 Å². The average Bonchev–Trinajstić information content (AvgIpc) is 2.36. The summed E-state index contributed by atoms with van der Waals surface area (Å²) in [5, 5.41) is 0. The van der Waals surface area contributed by atoms with Gasteiger partial charge in [-0.05, 0) is 67.0 Å². The van der Waals surface area contributed by atoms with Gasteiger partial charge >= 0.3 is 0 Å². The molecule has 1 aromatic rings. The summed E-state index contributed by atoms with van der Waals surface area (Å²) in [5.41, 5.74) is 6.41. The highest BCUT2D eigenvalue weighted by Crippen LogP contribution is 2.36. The second-order valence-electron chi connectivity index (χ2n) is 5.77. The zero-order valence-corrected chi connectivity index (χ0v) is 14.8. The number of halogens is 1. The summed E-state index contributed by atoms with van der Waals surface area (Å²) >= 11 is 3.32. The van der Waals surface area contributed by atoms with E-state index in [-0.39, 0.29) is 10.4 Å². The molecule has 1 aliphatic rings. The molecule has 0 atom stereocenters. The van der Waals surface area contributed by atoms with Crippen molar-refractivity contribution in [1.82, 2.24) is 9.62 Å². The van der Waals surface area contributed by atoms with E-state index in [1.807, 2.05) is 14.1 Å². The lowest BCUT2D eigenvalue weighted by Gasteiger charge is -2.47. The largest absolute Gasteiger partial charge is 0.326 e. The van der Waals surface area contributed by atoms with Gasteiger partial charge in [0.1, 0.15) is 0 Å². The van der Waals surface area contributed by atoms with Crippen LogP contribution in [0.3, 0.4) is 0 Å². The van der Waals surface area contributed by atoms with Gasteiger partial charge in [-0.2, -0.15) is 0 Å². The van der Waals surface area contributed by atoms with Crippen molar-refractivity contribution in [2.75, 3.05) is 20.6 Å². The lowest BCUT2D eigenvalue weighted by Crippen LogP contribution is -2.57. The Balaban J connectivity index is 2.15. The molecule has 0 aliphatic heterocycles. The predicted octanol–water partition coefficient (Wildman–Crippen LogP) is 1.67. The van der Waals surface area contributed by atoms with Gasteiger partial charge < -0.3 is 10.6 Å². The van der Waals surface area contributed by atoms with E-state index in [1.54, 1.807) is 18.2 Å². The lowest BCUT2D eigenvalue weighted by molar-refractivity contribution is 0.0657. The molecule has 5 nitrogen and oxygen atoms in total. The third-order valence-corrected chi connectivity index (χ3v) is 6.72. The van der Waals surface area contributed by atoms with Crippen LogP contribution in [0, 0.1) is 0 Å². The summed E-state index contributed by atoms with van der Waals surface area (Å²) in [6, 6.07) is 5.09. The van der Waals surface area contributed by atoms with Crippen molar-refractivity contribution in [2.24, 2.45) is 5.73 Å². The van der Waals surface area contributed by atoms with Crippen LogP contribution in [0.5, 0.6) is 0 Å². The van der Waals surface area contributed by atoms with Crippen molar-refractivity contribution in [3.05, 3.63) is 28.2 Å². The second-order valence-corrected chi connectivity index (χ2v) is 8.36. The Morgan fingerprint density at radius 3 is 2.48 bits per heavy atom. The Kier molecular flexibility index (Phi) is 5.10. The summed E-state index contributed by atoms with van der Waals surface area (Å²) in [7, 11) is 0.476. The van der Waals surface area contributed by atoms with Crippen molar-refractivity contribution >= 4 is 26.0 Å². The highest BCUT2D eigenvalue weighted by atomic mass is 79.9. The fourth-order valence-electron chi connectivity index (χ4n) is 2.56. The smallest absolute Gasteiger partial charge is 0.241 e. The van der Waals surface area contributed by atoms with Gasteiger partial charge in [-0.15, -0.1) is 0 Å². The normalized spacial score (nSPS) is 17.8. The van der Waals surface area contributed by atoms with Gasteiger partial charge in [0.05, 0.1) is 4.90 Å². The molecule has 7 heteroatoms. The number of nitrogens with zero attached hydrogens (tertiary/aromatic N) is 1. The molecule has 0 unspecified atom stereocenters. The second kappa shape index (κ2) is 6.34. The highest BCUT2D eigenvalue weighted by molar-refractivity contribution is 9.10. The first-order valence-corrected chi connectivity index (χ1v) is 9.24. The third-order valence-electron chi connectivity index (χ3n) is 4.35. The number of hydrogen-bond donors (Lipinski definition) is 2. The van der Waals surface area contributed by atoms with Gasteiger partial charge in [0.25, 0.3) is 0 Å². The standard InChI is InChI=1S/C14H22BrN3O2S/c1-18(2)14(6-3-7-14)10-17-21(19,20)13-5-4-11(9-16)8-12(13)15/h4-5,8,17H,3,6-7,9-10,16H2,1-2H3. The minimum atomic E-state index is -3.52. The van der Waals surface area contributed by atoms with E-state index >= 15 is 0 Å². The zero-order chi connectivity index (χ0) is 15.7. The van der Waals surface area contributed by atoms with Crippen LogP contribution in [-0.2, 0) is 16.6 Å². The number of rotatable bonds is 6. The molecule has 1 fully saturated rings. The van der Waals surface area contributed by atoms with Crippen molar-refractivity contribution in [3.8, 4) is 0 Å². The van der Waals surface area contributed by atoms with Gasteiger partial charge in [0.15, 0.2) is 0 Å². The molecule has 1 aromatic carbocycles. The molecule has 3 N–H and O–H groups in total. The quantitative estimate of drug-likeness (QED) is 0.792. The minimum absolute atomic E-state index is 0.0449. The van der Waals surface area contributed by atoms with E-state index < -0.39 is 10.0 Å². The summed E-state index contributed by atoms with van der Waals surface area (Å²) < 4.78 is 28.2. The van der Waals surface area contributed by atoms with Crippen molar-refractivity contribution in [2.45, 2.75) is 36.2 Å². The van der Waals surface area contributed by atoms with Gasteiger partial charge in [-0.1, -0.05) is 6.07 Å². The zero-order valence-electron chi connectivity index (χ0n) is 12.4. The topological polar surface area (TPSA) is 75.4 Å². The molecule has 1 aliphatic carbocycles. The summed E-state index contributed by atoms with van der Waals surface area (Å²) in [6.45, 7) is 0.823. The molecule has 2 rings (SSSR count). The number of nitrogens with one attached hydrogen (secondary N) is 1. The molecule has 0 amide bonds. The molecular weight excluding hydrogens is 354 g/mol. The maximum atomic E-state index is 12.5. The minimum Gasteiger partial charge on any atom is -0.326 e. The molecular formula is C14H22BrN3O2S. The fraction of sp³-hybridized carbons (Fsp3) is 0.571. The molecule has 0 heterocycles.